The van der Waals surface area contributed by atoms with Crippen LogP contribution in [-0.2, 0) is 9.53 Å². The van der Waals surface area contributed by atoms with Gasteiger partial charge in [-0.2, -0.15) is 0 Å². The predicted molar refractivity (Wildman–Crippen MR) is 90.4 cm³/mol. The summed E-state index contributed by atoms with van der Waals surface area (Å²) in [5.41, 5.74) is 6.00. The zero-order valence-corrected chi connectivity index (χ0v) is 14.1. The first kappa shape index (κ1) is 17.6. The maximum absolute atomic E-state index is 11.7. The molecule has 0 aromatic heterocycles. The first-order chi connectivity index (χ1) is 9.80. The maximum Gasteiger partial charge on any atom is 0.330 e. The van der Waals surface area contributed by atoms with E-state index in [1.54, 1.807) is 11.8 Å². The van der Waals surface area contributed by atoms with Crippen LogP contribution < -0.4 is 5.73 Å². The summed E-state index contributed by atoms with van der Waals surface area (Å²) < 4.78 is 5.28. The zero-order chi connectivity index (χ0) is 15.9. The van der Waals surface area contributed by atoms with Crippen LogP contribution in [0.2, 0.25) is 0 Å². The van der Waals surface area contributed by atoms with Crippen molar-refractivity contribution in [2.24, 2.45) is 0 Å². The molecule has 1 aromatic carbocycles. The molecular formula is C17H25NO2S. The molecule has 1 rings (SSSR count). The molecule has 1 atom stereocenters. The Hall–Kier alpha value is -1.42. The number of nitrogens with two attached hydrogens (primary N) is 1. The van der Waals surface area contributed by atoms with Gasteiger partial charge in [0, 0.05) is 21.9 Å². The van der Waals surface area contributed by atoms with Gasteiger partial charge < -0.3 is 10.5 Å². The largest absolute Gasteiger partial charge is 0.457 e. The number of hydrogen-bond donors (Lipinski definition) is 1. The molecule has 0 amide bonds. The number of carbonyl (C=O) groups is 1. The summed E-state index contributed by atoms with van der Waals surface area (Å²) in [6.07, 6.45) is 5.54. The average Bonchev–Trinajstić information content (AvgIpc) is 2.37. The van der Waals surface area contributed by atoms with E-state index in [1.807, 2.05) is 51.1 Å². The fraction of sp³-hybridized carbons (Fsp3) is 0.471. The Kier molecular flexibility index (Phi) is 6.82. The molecule has 21 heavy (non-hydrogen) atoms. The Bertz CT molecular complexity index is 475. The smallest absolute Gasteiger partial charge is 0.330 e. The molecule has 1 aromatic rings. The van der Waals surface area contributed by atoms with Crippen LogP contribution in [0, 0.1) is 0 Å². The molecule has 0 fully saturated rings. The van der Waals surface area contributed by atoms with Crippen molar-refractivity contribution in [3.8, 4) is 0 Å². The lowest BCUT2D eigenvalue weighted by atomic mass is 10.2. The lowest BCUT2D eigenvalue weighted by molar-refractivity contribution is -0.148. The minimum absolute atomic E-state index is 0.256. The number of thioether (sulfide) groups is 1. The van der Waals surface area contributed by atoms with Crippen molar-refractivity contribution >= 4 is 23.4 Å². The number of esters is 1. The number of nitrogen functional groups attached to an aromatic ring is 1. The van der Waals surface area contributed by atoms with E-state index in [0.29, 0.717) is 0 Å². The first-order valence-electron chi connectivity index (χ1n) is 7.23. The van der Waals surface area contributed by atoms with Crippen molar-refractivity contribution in [3.05, 3.63) is 36.4 Å². The van der Waals surface area contributed by atoms with E-state index in [2.05, 4.69) is 6.92 Å². The highest BCUT2D eigenvalue weighted by Crippen LogP contribution is 2.28. The number of hydrogen-bond acceptors (Lipinski definition) is 4. The molecule has 0 bridgehead atoms. The van der Waals surface area contributed by atoms with Gasteiger partial charge in [0.15, 0.2) is 0 Å². The molecule has 0 aliphatic heterocycles. The van der Waals surface area contributed by atoms with Crippen molar-refractivity contribution in [2.45, 2.75) is 56.3 Å². The van der Waals surface area contributed by atoms with E-state index >= 15 is 0 Å². The van der Waals surface area contributed by atoms with Crippen LogP contribution in [0.4, 0.5) is 5.69 Å². The van der Waals surface area contributed by atoms with E-state index in [1.165, 1.54) is 6.08 Å². The van der Waals surface area contributed by atoms with Crippen LogP contribution in [0.3, 0.4) is 0 Å². The van der Waals surface area contributed by atoms with Gasteiger partial charge in [-0.3, -0.25) is 0 Å². The Labute approximate surface area is 131 Å². The van der Waals surface area contributed by atoms with Crippen LogP contribution >= 0.6 is 11.8 Å². The molecule has 2 N–H and O–H groups in total. The highest BCUT2D eigenvalue weighted by atomic mass is 32.2. The Balaban J connectivity index is 2.64. The number of anilines is 1. The Morgan fingerprint density at radius 2 is 1.95 bits per heavy atom. The second kappa shape index (κ2) is 8.13. The molecule has 4 heteroatoms. The second-order valence-electron chi connectivity index (χ2n) is 5.91. The SMILES string of the molecule is CCC[C@@H](/C=C/C(=O)OC(C)(C)C)Sc1ccc(N)cc1. The van der Waals surface area contributed by atoms with Crippen molar-refractivity contribution in [3.63, 3.8) is 0 Å². The normalized spacial score (nSPS) is 13.3. The second-order valence-corrected chi connectivity index (χ2v) is 7.22. The van der Waals surface area contributed by atoms with Crippen molar-refractivity contribution in [2.75, 3.05) is 5.73 Å². The molecule has 0 aliphatic carbocycles. The molecule has 0 spiro atoms. The van der Waals surface area contributed by atoms with Gasteiger partial charge in [0.1, 0.15) is 5.60 Å². The Morgan fingerprint density at radius 3 is 2.48 bits per heavy atom. The van der Waals surface area contributed by atoms with Crippen LogP contribution in [0.25, 0.3) is 0 Å². The van der Waals surface area contributed by atoms with Gasteiger partial charge in [-0.05, 0) is 51.5 Å². The van der Waals surface area contributed by atoms with E-state index in [-0.39, 0.29) is 11.2 Å². The zero-order valence-electron chi connectivity index (χ0n) is 13.3. The summed E-state index contributed by atoms with van der Waals surface area (Å²) in [6.45, 7) is 7.74. The van der Waals surface area contributed by atoms with E-state index in [9.17, 15) is 4.79 Å². The summed E-state index contributed by atoms with van der Waals surface area (Å²) >= 11 is 1.73. The molecule has 3 nitrogen and oxygen atoms in total. The molecule has 0 saturated carbocycles. The summed E-state index contributed by atoms with van der Waals surface area (Å²) in [4.78, 5) is 12.9. The molecule has 116 valence electrons. The van der Waals surface area contributed by atoms with Gasteiger partial charge in [0.2, 0.25) is 0 Å². The van der Waals surface area contributed by atoms with Crippen LogP contribution in [0.5, 0.6) is 0 Å². The fourth-order valence-electron chi connectivity index (χ4n) is 1.72. The molecular weight excluding hydrogens is 282 g/mol. The molecule has 0 heterocycles. The summed E-state index contributed by atoms with van der Waals surface area (Å²) in [5.74, 6) is -0.290. The fourth-order valence-corrected chi connectivity index (χ4v) is 2.88. The van der Waals surface area contributed by atoms with Gasteiger partial charge >= 0.3 is 5.97 Å². The lowest BCUT2D eigenvalue weighted by Gasteiger charge is -2.18. The third-order valence-electron chi connectivity index (χ3n) is 2.59. The maximum atomic E-state index is 11.7. The van der Waals surface area contributed by atoms with E-state index in [0.717, 1.165) is 23.4 Å². The van der Waals surface area contributed by atoms with Crippen LogP contribution in [-0.4, -0.2) is 16.8 Å². The number of carbonyl (C=O) groups excluding carboxylic acids is 1. The predicted octanol–water partition coefficient (Wildman–Crippen LogP) is 4.43. The van der Waals surface area contributed by atoms with Crippen molar-refractivity contribution < 1.29 is 9.53 Å². The summed E-state index contributed by atoms with van der Waals surface area (Å²) in [7, 11) is 0. The lowest BCUT2D eigenvalue weighted by Crippen LogP contribution is -2.22. The minimum Gasteiger partial charge on any atom is -0.457 e. The molecule has 0 radical (unpaired) electrons. The standard InChI is InChI=1S/C17H25NO2S/c1-5-6-14(11-12-16(19)20-17(2,3)4)21-15-9-7-13(18)8-10-15/h7-12,14H,5-6,18H2,1-4H3/b12-11+/t14-/m0/s1. The van der Waals surface area contributed by atoms with Gasteiger partial charge in [-0.15, -0.1) is 11.8 Å². The monoisotopic (exact) mass is 307 g/mol. The summed E-state index contributed by atoms with van der Waals surface area (Å²) in [5, 5.41) is 0.256. The van der Waals surface area contributed by atoms with E-state index in [4.69, 9.17) is 10.5 Å². The van der Waals surface area contributed by atoms with Crippen LogP contribution in [0.1, 0.15) is 40.5 Å². The van der Waals surface area contributed by atoms with Crippen LogP contribution in [0.15, 0.2) is 41.3 Å². The van der Waals surface area contributed by atoms with Gasteiger partial charge in [-0.25, -0.2) is 4.79 Å². The average molecular weight is 307 g/mol. The van der Waals surface area contributed by atoms with Crippen molar-refractivity contribution in [1.29, 1.82) is 0 Å². The minimum atomic E-state index is -0.453. The van der Waals surface area contributed by atoms with E-state index < -0.39 is 5.60 Å². The quantitative estimate of drug-likeness (QED) is 0.366. The van der Waals surface area contributed by atoms with Crippen molar-refractivity contribution in [1.82, 2.24) is 0 Å². The first-order valence-corrected chi connectivity index (χ1v) is 8.11. The highest BCUT2D eigenvalue weighted by Gasteiger charge is 2.14. The summed E-state index contributed by atoms with van der Waals surface area (Å²) in [6, 6.07) is 7.79. The molecule has 0 saturated heterocycles. The third-order valence-corrected chi connectivity index (χ3v) is 3.83. The number of rotatable bonds is 6. The topological polar surface area (TPSA) is 52.3 Å². The molecule has 0 unspecified atom stereocenters. The number of ether oxygens (including phenoxy) is 1. The van der Waals surface area contributed by atoms with Gasteiger partial charge in [-0.1, -0.05) is 19.4 Å². The van der Waals surface area contributed by atoms with Gasteiger partial charge in [0.05, 0.1) is 0 Å². The Morgan fingerprint density at radius 1 is 1.33 bits per heavy atom. The van der Waals surface area contributed by atoms with Gasteiger partial charge in [0.25, 0.3) is 0 Å². The number of benzene rings is 1. The third kappa shape index (κ3) is 7.81. The molecule has 0 aliphatic rings. The highest BCUT2D eigenvalue weighted by molar-refractivity contribution is 8.00.